The summed E-state index contributed by atoms with van der Waals surface area (Å²) in [5.41, 5.74) is 2.35. The summed E-state index contributed by atoms with van der Waals surface area (Å²) >= 11 is 5.46. The molecule has 1 fully saturated rings. The van der Waals surface area contributed by atoms with Crippen molar-refractivity contribution in [3.8, 4) is 0 Å². The minimum atomic E-state index is 0.751. The molecule has 0 unspecified atom stereocenters. The summed E-state index contributed by atoms with van der Waals surface area (Å²) in [7, 11) is 0. The van der Waals surface area contributed by atoms with Crippen LogP contribution in [0, 0.1) is 12.8 Å². The van der Waals surface area contributed by atoms with Gasteiger partial charge >= 0.3 is 0 Å². The zero-order valence-electron chi connectivity index (χ0n) is 10.6. The Labute approximate surface area is 109 Å². The number of hydrogen-bond acceptors (Lipinski definition) is 1. The van der Waals surface area contributed by atoms with Crippen LogP contribution in [0.1, 0.15) is 25.3 Å². The third kappa shape index (κ3) is 3.43. The second-order valence-electron chi connectivity index (χ2n) is 4.99. The second kappa shape index (κ2) is 5.50. The predicted molar refractivity (Wildman–Crippen MR) is 77.4 cm³/mol. The molecular formula is C14H20N2S. The van der Waals surface area contributed by atoms with Gasteiger partial charge in [0.25, 0.3) is 0 Å². The lowest BCUT2D eigenvalue weighted by molar-refractivity contribution is 0.276. The maximum Gasteiger partial charge on any atom is 0.173 e. The van der Waals surface area contributed by atoms with E-state index < -0.39 is 0 Å². The third-order valence-electron chi connectivity index (χ3n) is 3.25. The average molecular weight is 248 g/mol. The van der Waals surface area contributed by atoms with Crippen molar-refractivity contribution >= 4 is 23.0 Å². The van der Waals surface area contributed by atoms with Crippen LogP contribution in [0.5, 0.6) is 0 Å². The van der Waals surface area contributed by atoms with Crippen molar-refractivity contribution in [1.82, 2.24) is 4.90 Å². The number of likely N-dealkylation sites (tertiary alicyclic amines) is 1. The van der Waals surface area contributed by atoms with E-state index in [9.17, 15) is 0 Å². The standard InChI is InChI=1S/C14H20N2S/c1-11-5-7-13(8-6-11)15-14(17)16-9-3-4-12(2)10-16/h5-8,12H,3-4,9-10H2,1-2H3,(H,15,17)/t12-/m1/s1. The minimum Gasteiger partial charge on any atom is -0.349 e. The van der Waals surface area contributed by atoms with Gasteiger partial charge < -0.3 is 10.2 Å². The van der Waals surface area contributed by atoms with Crippen molar-refractivity contribution < 1.29 is 0 Å². The zero-order chi connectivity index (χ0) is 12.3. The number of aryl methyl sites for hydroxylation is 1. The van der Waals surface area contributed by atoms with Crippen LogP contribution in [0.2, 0.25) is 0 Å². The lowest BCUT2D eigenvalue weighted by Gasteiger charge is -2.33. The van der Waals surface area contributed by atoms with Crippen molar-refractivity contribution in [3.05, 3.63) is 29.8 Å². The number of benzene rings is 1. The molecule has 0 spiro atoms. The molecule has 1 aliphatic heterocycles. The topological polar surface area (TPSA) is 15.3 Å². The molecule has 0 aliphatic carbocycles. The van der Waals surface area contributed by atoms with Crippen molar-refractivity contribution in [1.29, 1.82) is 0 Å². The third-order valence-corrected chi connectivity index (χ3v) is 3.61. The molecule has 3 heteroatoms. The van der Waals surface area contributed by atoms with E-state index in [1.165, 1.54) is 18.4 Å². The first kappa shape index (κ1) is 12.4. The Hall–Kier alpha value is -1.09. The van der Waals surface area contributed by atoms with Crippen LogP contribution in [0.25, 0.3) is 0 Å². The molecule has 0 radical (unpaired) electrons. The Balaban J connectivity index is 1.94. The Kier molecular flexibility index (Phi) is 4.00. The maximum atomic E-state index is 5.46. The van der Waals surface area contributed by atoms with Gasteiger partial charge in [-0.25, -0.2) is 0 Å². The number of piperidine rings is 1. The molecule has 1 aliphatic rings. The van der Waals surface area contributed by atoms with Gasteiger partial charge in [-0.2, -0.15) is 0 Å². The van der Waals surface area contributed by atoms with Crippen LogP contribution >= 0.6 is 12.2 Å². The SMILES string of the molecule is Cc1ccc(NC(=S)N2CCC[C@@H](C)C2)cc1. The highest BCUT2D eigenvalue weighted by molar-refractivity contribution is 7.80. The van der Waals surface area contributed by atoms with Crippen molar-refractivity contribution in [2.75, 3.05) is 18.4 Å². The Morgan fingerprint density at radius 3 is 2.71 bits per heavy atom. The molecule has 2 nitrogen and oxygen atoms in total. The Morgan fingerprint density at radius 2 is 2.06 bits per heavy atom. The number of rotatable bonds is 1. The normalized spacial score (nSPS) is 20.1. The van der Waals surface area contributed by atoms with Gasteiger partial charge in [0.2, 0.25) is 0 Å². The minimum absolute atomic E-state index is 0.751. The van der Waals surface area contributed by atoms with Crippen molar-refractivity contribution in [3.63, 3.8) is 0 Å². The Morgan fingerprint density at radius 1 is 1.35 bits per heavy atom. The molecule has 0 amide bonds. The summed E-state index contributed by atoms with van der Waals surface area (Å²) in [5, 5.41) is 4.18. The average Bonchev–Trinajstić information content (AvgIpc) is 2.32. The molecule has 1 aromatic rings. The summed E-state index contributed by atoms with van der Waals surface area (Å²) in [5.74, 6) is 0.751. The Bertz CT molecular complexity index is 386. The van der Waals surface area contributed by atoms with E-state index in [4.69, 9.17) is 12.2 Å². The summed E-state index contributed by atoms with van der Waals surface area (Å²) in [6, 6.07) is 8.36. The van der Waals surface area contributed by atoms with E-state index in [2.05, 4.69) is 48.3 Å². The molecule has 2 rings (SSSR count). The summed E-state index contributed by atoms with van der Waals surface area (Å²) in [6.07, 6.45) is 2.57. The van der Waals surface area contributed by atoms with Crippen LogP contribution in [-0.4, -0.2) is 23.1 Å². The van der Waals surface area contributed by atoms with Gasteiger partial charge in [0.05, 0.1) is 0 Å². The van der Waals surface area contributed by atoms with Gasteiger partial charge in [-0.15, -0.1) is 0 Å². The first-order chi connectivity index (χ1) is 8.15. The molecule has 0 aromatic heterocycles. The van der Waals surface area contributed by atoms with E-state index in [1.54, 1.807) is 0 Å². The van der Waals surface area contributed by atoms with Gasteiger partial charge in [-0.3, -0.25) is 0 Å². The molecule has 1 saturated heterocycles. The molecule has 1 atom stereocenters. The van der Waals surface area contributed by atoms with Crippen LogP contribution in [0.15, 0.2) is 24.3 Å². The van der Waals surface area contributed by atoms with Crippen LogP contribution < -0.4 is 5.32 Å². The first-order valence-electron chi connectivity index (χ1n) is 6.28. The molecule has 92 valence electrons. The summed E-state index contributed by atoms with van der Waals surface area (Å²) < 4.78 is 0. The van der Waals surface area contributed by atoms with Gasteiger partial charge in [0.1, 0.15) is 0 Å². The zero-order valence-corrected chi connectivity index (χ0v) is 11.4. The summed E-state index contributed by atoms with van der Waals surface area (Å²) in [4.78, 5) is 2.28. The van der Waals surface area contributed by atoms with E-state index in [0.29, 0.717) is 0 Å². The second-order valence-corrected chi connectivity index (χ2v) is 5.38. The molecule has 1 N–H and O–H groups in total. The monoisotopic (exact) mass is 248 g/mol. The predicted octanol–water partition coefficient (Wildman–Crippen LogP) is 3.42. The molecule has 0 saturated carbocycles. The highest BCUT2D eigenvalue weighted by Crippen LogP contribution is 2.17. The van der Waals surface area contributed by atoms with E-state index >= 15 is 0 Å². The van der Waals surface area contributed by atoms with Gasteiger partial charge in [-0.1, -0.05) is 24.6 Å². The molecule has 1 heterocycles. The largest absolute Gasteiger partial charge is 0.349 e. The molecule has 17 heavy (non-hydrogen) atoms. The lowest BCUT2D eigenvalue weighted by atomic mass is 10.0. The highest BCUT2D eigenvalue weighted by Gasteiger charge is 2.18. The highest BCUT2D eigenvalue weighted by atomic mass is 32.1. The van der Waals surface area contributed by atoms with Crippen molar-refractivity contribution in [2.45, 2.75) is 26.7 Å². The number of anilines is 1. The van der Waals surface area contributed by atoms with Gasteiger partial charge in [0.15, 0.2) is 5.11 Å². The number of nitrogens with zero attached hydrogens (tertiary/aromatic N) is 1. The van der Waals surface area contributed by atoms with Crippen LogP contribution in [0.4, 0.5) is 5.69 Å². The van der Waals surface area contributed by atoms with E-state index in [1.807, 2.05) is 0 Å². The van der Waals surface area contributed by atoms with Crippen LogP contribution in [-0.2, 0) is 0 Å². The maximum absolute atomic E-state index is 5.46. The number of nitrogens with one attached hydrogen (secondary N) is 1. The fourth-order valence-corrected chi connectivity index (χ4v) is 2.50. The van der Waals surface area contributed by atoms with Gasteiger partial charge in [-0.05, 0) is 50.0 Å². The van der Waals surface area contributed by atoms with E-state index in [-0.39, 0.29) is 0 Å². The fourth-order valence-electron chi connectivity index (χ4n) is 2.21. The van der Waals surface area contributed by atoms with E-state index in [0.717, 1.165) is 29.8 Å². The van der Waals surface area contributed by atoms with Gasteiger partial charge in [0, 0.05) is 18.8 Å². The lowest BCUT2D eigenvalue weighted by Crippen LogP contribution is -2.41. The van der Waals surface area contributed by atoms with Crippen LogP contribution in [0.3, 0.4) is 0 Å². The molecular weight excluding hydrogens is 228 g/mol. The van der Waals surface area contributed by atoms with Crippen molar-refractivity contribution in [2.24, 2.45) is 5.92 Å². The molecule has 0 bridgehead atoms. The quantitative estimate of drug-likeness (QED) is 0.767. The summed E-state index contributed by atoms with van der Waals surface area (Å²) in [6.45, 7) is 6.55. The first-order valence-corrected chi connectivity index (χ1v) is 6.68. The number of hydrogen-bond donors (Lipinski definition) is 1. The smallest absolute Gasteiger partial charge is 0.173 e. The molecule has 1 aromatic carbocycles. The number of thiocarbonyl (C=S) groups is 1. The fraction of sp³-hybridized carbons (Fsp3) is 0.500.